The first-order valence-electron chi connectivity index (χ1n) is 5.60. The zero-order valence-corrected chi connectivity index (χ0v) is 11.5. The molecule has 0 saturated heterocycles. The Kier molecular flexibility index (Phi) is 4.86. The van der Waals surface area contributed by atoms with Crippen molar-refractivity contribution in [2.75, 3.05) is 17.7 Å². The summed E-state index contributed by atoms with van der Waals surface area (Å²) in [7, 11) is 0. The average molecular weight is 256 g/mol. The molecule has 0 aliphatic heterocycles. The lowest BCUT2D eigenvalue weighted by molar-refractivity contribution is 0.0939. The molecule has 1 heterocycles. The number of hydrogen-bond acceptors (Lipinski definition) is 4. The highest BCUT2D eigenvalue weighted by molar-refractivity contribution is 7.98. The van der Waals surface area contributed by atoms with Gasteiger partial charge in [0.1, 0.15) is 0 Å². The van der Waals surface area contributed by atoms with Crippen LogP contribution in [-0.2, 0) is 0 Å². The first-order valence-corrected chi connectivity index (χ1v) is 7.00. The molecule has 4 N–H and O–H groups in total. The molecule has 5 nitrogen and oxygen atoms in total. The zero-order valence-electron chi connectivity index (χ0n) is 10.7. The molecule has 6 heteroatoms. The molecule has 96 valence electrons. The Hall–Kier alpha value is -1.17. The van der Waals surface area contributed by atoms with Gasteiger partial charge in [0.15, 0.2) is 5.69 Å². The predicted octanol–water partition coefficient (Wildman–Crippen LogP) is 1.60. The summed E-state index contributed by atoms with van der Waals surface area (Å²) in [4.78, 5) is 11.9. The number of amides is 1. The molecule has 0 aliphatic carbocycles. The number of H-pyrrole nitrogens is 1. The van der Waals surface area contributed by atoms with E-state index in [1.807, 2.05) is 27.0 Å². The van der Waals surface area contributed by atoms with Crippen molar-refractivity contribution in [1.29, 1.82) is 0 Å². The largest absolute Gasteiger partial charge is 0.395 e. The molecule has 1 aromatic rings. The average Bonchev–Trinajstić information content (AvgIpc) is 2.60. The Morgan fingerprint density at radius 1 is 1.53 bits per heavy atom. The van der Waals surface area contributed by atoms with Crippen molar-refractivity contribution in [3.05, 3.63) is 11.4 Å². The molecule has 17 heavy (non-hydrogen) atoms. The molecule has 1 atom stereocenters. The van der Waals surface area contributed by atoms with Gasteiger partial charge in [0.2, 0.25) is 0 Å². The highest BCUT2D eigenvalue weighted by atomic mass is 32.2. The topological polar surface area (TPSA) is 83.8 Å². The van der Waals surface area contributed by atoms with Gasteiger partial charge >= 0.3 is 0 Å². The van der Waals surface area contributed by atoms with Crippen LogP contribution in [0.15, 0.2) is 0 Å². The summed E-state index contributed by atoms with van der Waals surface area (Å²) in [5, 5.41) is 9.67. The van der Waals surface area contributed by atoms with Gasteiger partial charge in [0.05, 0.1) is 11.4 Å². The Morgan fingerprint density at radius 2 is 2.18 bits per heavy atom. The maximum Gasteiger partial charge on any atom is 0.274 e. The van der Waals surface area contributed by atoms with Crippen LogP contribution in [0, 0.1) is 0 Å². The van der Waals surface area contributed by atoms with Crippen LogP contribution in [0.1, 0.15) is 42.9 Å². The summed E-state index contributed by atoms with van der Waals surface area (Å²) in [6.07, 6.45) is 2.00. The number of nitrogens with one attached hydrogen (secondary N) is 2. The van der Waals surface area contributed by atoms with E-state index >= 15 is 0 Å². The predicted molar refractivity (Wildman–Crippen MR) is 72.4 cm³/mol. The maximum atomic E-state index is 11.9. The zero-order chi connectivity index (χ0) is 13.0. The van der Waals surface area contributed by atoms with E-state index in [2.05, 4.69) is 15.5 Å². The minimum absolute atomic E-state index is 0.107. The van der Waals surface area contributed by atoms with Gasteiger partial charge in [-0.1, -0.05) is 13.8 Å². The lowest BCUT2D eigenvalue weighted by Crippen LogP contribution is -2.34. The number of aromatic nitrogens is 2. The summed E-state index contributed by atoms with van der Waals surface area (Å²) in [5.74, 6) is 0.882. The van der Waals surface area contributed by atoms with Gasteiger partial charge in [-0.05, 0) is 19.1 Å². The SMILES string of the molecule is CSCC(C)NC(=O)c1n[nH]c(C(C)C)c1N. The van der Waals surface area contributed by atoms with Crippen molar-refractivity contribution in [3.63, 3.8) is 0 Å². The van der Waals surface area contributed by atoms with Gasteiger partial charge in [-0.3, -0.25) is 9.89 Å². The lowest BCUT2D eigenvalue weighted by Gasteiger charge is -2.11. The number of nitrogens with two attached hydrogens (primary N) is 1. The van der Waals surface area contributed by atoms with Crippen LogP contribution in [0.5, 0.6) is 0 Å². The van der Waals surface area contributed by atoms with Crippen LogP contribution in [0.3, 0.4) is 0 Å². The van der Waals surface area contributed by atoms with Gasteiger partial charge in [-0.25, -0.2) is 0 Å². The van der Waals surface area contributed by atoms with Gasteiger partial charge < -0.3 is 11.1 Å². The third kappa shape index (κ3) is 3.39. The standard InChI is InChI=1S/C11H20N4OS/c1-6(2)9-8(12)10(15-14-9)11(16)13-7(3)5-17-4/h6-7H,5,12H2,1-4H3,(H,13,16)(H,14,15). The number of carbonyl (C=O) groups is 1. The van der Waals surface area contributed by atoms with Crippen LogP contribution < -0.4 is 11.1 Å². The number of hydrogen-bond donors (Lipinski definition) is 3. The molecule has 0 radical (unpaired) electrons. The van der Waals surface area contributed by atoms with E-state index in [0.29, 0.717) is 11.4 Å². The van der Waals surface area contributed by atoms with Gasteiger partial charge in [0, 0.05) is 11.8 Å². The number of aromatic amines is 1. The number of rotatable bonds is 5. The van der Waals surface area contributed by atoms with Crippen molar-refractivity contribution in [2.45, 2.75) is 32.7 Å². The number of carbonyl (C=O) groups excluding carboxylic acids is 1. The quantitative estimate of drug-likeness (QED) is 0.747. The second-order valence-electron chi connectivity index (χ2n) is 4.38. The van der Waals surface area contributed by atoms with E-state index in [-0.39, 0.29) is 17.9 Å². The first kappa shape index (κ1) is 13.9. The van der Waals surface area contributed by atoms with Crippen molar-refractivity contribution in [3.8, 4) is 0 Å². The molecule has 0 fully saturated rings. The Labute approximate surface area is 106 Å². The normalized spacial score (nSPS) is 12.8. The highest BCUT2D eigenvalue weighted by Gasteiger charge is 2.19. The lowest BCUT2D eigenvalue weighted by atomic mass is 10.1. The van der Waals surface area contributed by atoms with Gasteiger partial charge in [0.25, 0.3) is 5.91 Å². The molecule has 0 spiro atoms. The molecule has 0 bridgehead atoms. The van der Waals surface area contributed by atoms with E-state index in [1.54, 1.807) is 11.8 Å². The highest BCUT2D eigenvalue weighted by Crippen LogP contribution is 2.21. The van der Waals surface area contributed by atoms with Crippen molar-refractivity contribution >= 4 is 23.4 Å². The summed E-state index contributed by atoms with van der Waals surface area (Å²) < 4.78 is 0. The smallest absolute Gasteiger partial charge is 0.274 e. The molecule has 1 aromatic heterocycles. The van der Waals surface area contributed by atoms with E-state index in [4.69, 9.17) is 5.73 Å². The third-order valence-electron chi connectivity index (χ3n) is 2.42. The fourth-order valence-electron chi connectivity index (χ4n) is 1.56. The Bertz CT molecular complexity index is 389. The van der Waals surface area contributed by atoms with E-state index < -0.39 is 0 Å². The van der Waals surface area contributed by atoms with Crippen LogP contribution in [-0.4, -0.2) is 34.2 Å². The number of thioether (sulfide) groups is 1. The number of nitrogen functional groups attached to an aromatic ring is 1. The molecule has 0 aromatic carbocycles. The minimum atomic E-state index is -0.216. The first-order chi connectivity index (χ1) is 7.97. The maximum absolute atomic E-state index is 11.9. The molecular weight excluding hydrogens is 236 g/mol. The monoisotopic (exact) mass is 256 g/mol. The minimum Gasteiger partial charge on any atom is -0.395 e. The Balaban J connectivity index is 2.76. The van der Waals surface area contributed by atoms with E-state index in [1.165, 1.54) is 0 Å². The fourth-order valence-corrected chi connectivity index (χ4v) is 2.14. The van der Waals surface area contributed by atoms with Crippen molar-refractivity contribution < 1.29 is 4.79 Å². The van der Waals surface area contributed by atoms with Crippen LogP contribution >= 0.6 is 11.8 Å². The molecule has 1 unspecified atom stereocenters. The van der Waals surface area contributed by atoms with Crippen LogP contribution in [0.25, 0.3) is 0 Å². The second kappa shape index (κ2) is 5.95. The molecule has 1 rings (SSSR count). The van der Waals surface area contributed by atoms with E-state index in [9.17, 15) is 4.79 Å². The van der Waals surface area contributed by atoms with Crippen molar-refractivity contribution in [2.24, 2.45) is 0 Å². The molecule has 0 aliphatic rings. The summed E-state index contributed by atoms with van der Waals surface area (Å²) >= 11 is 1.69. The molecule has 1 amide bonds. The summed E-state index contributed by atoms with van der Waals surface area (Å²) in [6, 6.07) is 0.107. The molecular formula is C11H20N4OS. The summed E-state index contributed by atoms with van der Waals surface area (Å²) in [5.41, 5.74) is 7.45. The number of anilines is 1. The second-order valence-corrected chi connectivity index (χ2v) is 5.29. The Morgan fingerprint density at radius 3 is 2.65 bits per heavy atom. The van der Waals surface area contributed by atoms with E-state index in [0.717, 1.165) is 11.4 Å². The van der Waals surface area contributed by atoms with Crippen molar-refractivity contribution in [1.82, 2.24) is 15.5 Å². The van der Waals surface area contributed by atoms with Gasteiger partial charge in [-0.2, -0.15) is 16.9 Å². The van der Waals surface area contributed by atoms with Crippen LogP contribution in [0.4, 0.5) is 5.69 Å². The van der Waals surface area contributed by atoms with Gasteiger partial charge in [-0.15, -0.1) is 0 Å². The summed E-state index contributed by atoms with van der Waals surface area (Å²) in [6.45, 7) is 5.96. The molecule has 0 saturated carbocycles. The third-order valence-corrected chi connectivity index (χ3v) is 3.25. The number of nitrogens with zero attached hydrogens (tertiary/aromatic N) is 1. The van der Waals surface area contributed by atoms with Crippen LogP contribution in [0.2, 0.25) is 0 Å². The fraction of sp³-hybridized carbons (Fsp3) is 0.636.